The van der Waals surface area contributed by atoms with Crippen LogP contribution >= 0.6 is 11.8 Å². The van der Waals surface area contributed by atoms with Gasteiger partial charge in [0, 0.05) is 12.1 Å². The van der Waals surface area contributed by atoms with E-state index >= 15 is 0 Å². The van der Waals surface area contributed by atoms with Gasteiger partial charge in [-0.05, 0) is 44.0 Å². The number of amides is 1. The molecule has 0 bridgehead atoms. The summed E-state index contributed by atoms with van der Waals surface area (Å²) < 4.78 is 28.4. The molecule has 1 amide bonds. The van der Waals surface area contributed by atoms with Crippen LogP contribution in [0.4, 0.5) is 8.78 Å². The summed E-state index contributed by atoms with van der Waals surface area (Å²) in [6, 6.07) is 11.1. The van der Waals surface area contributed by atoms with E-state index in [1.54, 1.807) is 6.92 Å². The molecule has 3 rings (SSSR count). The smallest absolute Gasteiger partial charge is 0.230 e. The number of aryl methyl sites for hydroxylation is 1. The molecule has 152 valence electrons. The molecule has 1 aromatic heterocycles. The molecule has 0 aliphatic heterocycles. The molecule has 29 heavy (non-hydrogen) atoms. The Balaban J connectivity index is 1.66. The second-order valence-electron chi connectivity index (χ2n) is 6.62. The van der Waals surface area contributed by atoms with Gasteiger partial charge in [0.25, 0.3) is 0 Å². The Morgan fingerprint density at radius 1 is 1.17 bits per heavy atom. The summed E-state index contributed by atoms with van der Waals surface area (Å²) in [5, 5.41) is 12.0. The number of hydrogen-bond donors (Lipinski definition) is 1. The van der Waals surface area contributed by atoms with Gasteiger partial charge in [0.05, 0.1) is 11.8 Å². The van der Waals surface area contributed by atoms with Crippen molar-refractivity contribution in [2.45, 2.75) is 38.5 Å². The van der Waals surface area contributed by atoms with E-state index in [2.05, 4.69) is 15.5 Å². The third-order valence-corrected chi connectivity index (χ3v) is 5.54. The molecule has 2 aromatic carbocycles. The monoisotopic (exact) mass is 416 g/mol. The van der Waals surface area contributed by atoms with Crippen molar-refractivity contribution in [1.29, 1.82) is 0 Å². The second-order valence-corrected chi connectivity index (χ2v) is 7.56. The van der Waals surface area contributed by atoms with Crippen LogP contribution in [0.2, 0.25) is 0 Å². The number of aromatic nitrogens is 3. The number of benzene rings is 2. The molecule has 1 unspecified atom stereocenters. The zero-order valence-electron chi connectivity index (χ0n) is 16.4. The first-order valence-corrected chi connectivity index (χ1v) is 10.3. The molecule has 1 N–H and O–H groups in total. The topological polar surface area (TPSA) is 59.8 Å². The van der Waals surface area contributed by atoms with E-state index in [0.29, 0.717) is 17.3 Å². The van der Waals surface area contributed by atoms with E-state index in [1.165, 1.54) is 17.8 Å². The fourth-order valence-electron chi connectivity index (χ4n) is 2.98. The molecule has 3 aromatic rings. The molecule has 0 spiro atoms. The van der Waals surface area contributed by atoms with Gasteiger partial charge in [-0.2, -0.15) is 0 Å². The average Bonchev–Trinajstić information content (AvgIpc) is 3.11. The van der Waals surface area contributed by atoms with E-state index in [0.717, 1.165) is 29.1 Å². The Morgan fingerprint density at radius 2 is 1.93 bits per heavy atom. The molecule has 0 aliphatic rings. The first-order chi connectivity index (χ1) is 13.9. The number of halogens is 2. The van der Waals surface area contributed by atoms with Crippen molar-refractivity contribution in [1.82, 2.24) is 20.1 Å². The predicted octanol–water partition coefficient (Wildman–Crippen LogP) is 4.52. The standard InChI is InChI=1S/C21H22F2N4OS/c1-4-27-20(16-8-6-5-7-13(16)2)25-26-21(27)29-12-19(28)24-14(3)15-9-10-17(22)18(23)11-15/h5-11,14H,4,12H2,1-3H3,(H,24,28). The van der Waals surface area contributed by atoms with Crippen LogP contribution in [0.25, 0.3) is 11.4 Å². The highest BCUT2D eigenvalue weighted by atomic mass is 32.2. The molecule has 1 atom stereocenters. The van der Waals surface area contributed by atoms with Gasteiger partial charge in [-0.25, -0.2) is 8.78 Å². The van der Waals surface area contributed by atoms with E-state index in [9.17, 15) is 13.6 Å². The summed E-state index contributed by atoms with van der Waals surface area (Å²) in [6.07, 6.45) is 0. The zero-order valence-corrected chi connectivity index (χ0v) is 17.3. The van der Waals surface area contributed by atoms with Crippen LogP contribution in [0.5, 0.6) is 0 Å². The summed E-state index contributed by atoms with van der Waals surface area (Å²) in [7, 11) is 0. The van der Waals surface area contributed by atoms with Gasteiger partial charge in [-0.3, -0.25) is 4.79 Å². The van der Waals surface area contributed by atoms with Gasteiger partial charge in [0.1, 0.15) is 0 Å². The predicted molar refractivity (Wildman–Crippen MR) is 110 cm³/mol. The van der Waals surface area contributed by atoms with Crippen LogP contribution in [0, 0.1) is 18.6 Å². The molecule has 0 saturated carbocycles. The van der Waals surface area contributed by atoms with Gasteiger partial charge in [0.15, 0.2) is 22.6 Å². The number of carbonyl (C=O) groups is 1. The van der Waals surface area contributed by atoms with Gasteiger partial charge in [-0.15, -0.1) is 10.2 Å². The Hall–Kier alpha value is -2.74. The molecule has 8 heteroatoms. The van der Waals surface area contributed by atoms with Gasteiger partial charge >= 0.3 is 0 Å². The van der Waals surface area contributed by atoms with Gasteiger partial charge in [0.2, 0.25) is 5.91 Å². The zero-order chi connectivity index (χ0) is 21.0. The van der Waals surface area contributed by atoms with Crippen LogP contribution in [-0.4, -0.2) is 26.4 Å². The van der Waals surface area contributed by atoms with Crippen LogP contribution < -0.4 is 5.32 Å². The van der Waals surface area contributed by atoms with E-state index in [4.69, 9.17) is 0 Å². The first-order valence-electron chi connectivity index (χ1n) is 9.27. The third kappa shape index (κ3) is 4.82. The minimum absolute atomic E-state index is 0.139. The minimum atomic E-state index is -0.933. The fraction of sp³-hybridized carbons (Fsp3) is 0.286. The summed E-state index contributed by atoms with van der Waals surface area (Å²) in [5.74, 6) is -1.16. The Morgan fingerprint density at radius 3 is 2.62 bits per heavy atom. The first kappa shape index (κ1) is 21.0. The summed E-state index contributed by atoms with van der Waals surface area (Å²) >= 11 is 1.29. The van der Waals surface area contributed by atoms with Crippen molar-refractivity contribution in [3.8, 4) is 11.4 Å². The van der Waals surface area contributed by atoms with Crippen LogP contribution in [0.15, 0.2) is 47.6 Å². The van der Waals surface area contributed by atoms with E-state index in [1.807, 2.05) is 42.7 Å². The van der Waals surface area contributed by atoms with Gasteiger partial charge < -0.3 is 9.88 Å². The SMILES string of the molecule is CCn1c(SCC(=O)NC(C)c2ccc(F)c(F)c2)nnc1-c1ccccc1C. The fourth-order valence-corrected chi connectivity index (χ4v) is 3.80. The third-order valence-electron chi connectivity index (χ3n) is 4.57. The number of carbonyl (C=O) groups excluding carboxylic acids is 1. The molecular weight excluding hydrogens is 394 g/mol. The molecule has 5 nitrogen and oxygen atoms in total. The number of nitrogens with zero attached hydrogens (tertiary/aromatic N) is 3. The highest BCUT2D eigenvalue weighted by Gasteiger charge is 2.17. The number of hydrogen-bond acceptors (Lipinski definition) is 4. The van der Waals surface area contributed by atoms with Crippen molar-refractivity contribution in [3.05, 3.63) is 65.2 Å². The Bertz CT molecular complexity index is 1020. The van der Waals surface area contributed by atoms with E-state index in [-0.39, 0.29) is 11.7 Å². The van der Waals surface area contributed by atoms with Gasteiger partial charge in [-0.1, -0.05) is 42.1 Å². The molecular formula is C21H22F2N4OS. The number of rotatable bonds is 7. The quantitative estimate of drug-likeness (QED) is 0.575. The van der Waals surface area contributed by atoms with Crippen molar-refractivity contribution in [2.24, 2.45) is 0 Å². The van der Waals surface area contributed by atoms with Crippen LogP contribution in [-0.2, 0) is 11.3 Å². The molecule has 1 heterocycles. The van der Waals surface area contributed by atoms with Crippen molar-refractivity contribution >= 4 is 17.7 Å². The van der Waals surface area contributed by atoms with Crippen molar-refractivity contribution in [3.63, 3.8) is 0 Å². The van der Waals surface area contributed by atoms with Crippen LogP contribution in [0.3, 0.4) is 0 Å². The molecule has 0 fully saturated rings. The summed E-state index contributed by atoms with van der Waals surface area (Å²) in [4.78, 5) is 12.3. The van der Waals surface area contributed by atoms with E-state index < -0.39 is 17.7 Å². The average molecular weight is 416 g/mol. The summed E-state index contributed by atoms with van der Waals surface area (Å²) in [5.41, 5.74) is 2.61. The van der Waals surface area contributed by atoms with Crippen molar-refractivity contribution < 1.29 is 13.6 Å². The lowest BCUT2D eigenvalue weighted by atomic mass is 10.1. The Labute approximate surface area is 172 Å². The number of thioether (sulfide) groups is 1. The lowest BCUT2D eigenvalue weighted by Gasteiger charge is -2.14. The number of nitrogens with one attached hydrogen (secondary N) is 1. The second kappa shape index (κ2) is 9.17. The maximum Gasteiger partial charge on any atom is 0.230 e. The Kier molecular flexibility index (Phi) is 6.64. The minimum Gasteiger partial charge on any atom is -0.349 e. The molecule has 0 saturated heterocycles. The normalized spacial score (nSPS) is 12.0. The highest BCUT2D eigenvalue weighted by molar-refractivity contribution is 7.99. The lowest BCUT2D eigenvalue weighted by molar-refractivity contribution is -0.119. The molecule has 0 aliphatic carbocycles. The highest BCUT2D eigenvalue weighted by Crippen LogP contribution is 2.26. The summed E-state index contributed by atoms with van der Waals surface area (Å²) in [6.45, 7) is 6.41. The maximum atomic E-state index is 13.4. The largest absolute Gasteiger partial charge is 0.349 e. The van der Waals surface area contributed by atoms with Crippen molar-refractivity contribution in [2.75, 3.05) is 5.75 Å². The van der Waals surface area contributed by atoms with Crippen LogP contribution in [0.1, 0.15) is 31.0 Å². The molecule has 0 radical (unpaired) electrons. The maximum absolute atomic E-state index is 13.4. The lowest BCUT2D eigenvalue weighted by Crippen LogP contribution is -2.28.